The molecule has 0 unspecified atom stereocenters. The summed E-state index contributed by atoms with van der Waals surface area (Å²) in [5, 5.41) is 4.13. The highest BCUT2D eigenvalue weighted by molar-refractivity contribution is 7.15. The number of aromatic nitrogens is 3. The Morgan fingerprint density at radius 2 is 2.03 bits per heavy atom. The number of carbonyl (C=O) groups is 1. The highest BCUT2D eigenvalue weighted by Crippen LogP contribution is 2.24. The molecular weight excluding hydrogens is 384 g/mol. The Kier molecular flexibility index (Phi) is 7.18. The molecule has 3 rings (SSSR count). The van der Waals surface area contributed by atoms with E-state index in [9.17, 15) is 4.79 Å². The van der Waals surface area contributed by atoms with Gasteiger partial charge < -0.3 is 16.0 Å². The van der Waals surface area contributed by atoms with Crippen LogP contribution in [0, 0.1) is 25.7 Å². The zero-order chi connectivity index (χ0) is 21.0. The maximum atomic E-state index is 12.5. The average Bonchev–Trinajstić information content (AvgIpc) is 3.05. The van der Waals surface area contributed by atoms with Crippen LogP contribution >= 0.6 is 11.3 Å². The third kappa shape index (κ3) is 6.21. The maximum Gasteiger partial charge on any atom is 0.239 e. The Hall–Kier alpha value is -2.06. The topological polar surface area (TPSA) is 97.0 Å². The minimum atomic E-state index is -0.380. The third-order valence-electron chi connectivity index (χ3n) is 5.20. The summed E-state index contributed by atoms with van der Waals surface area (Å²) in [7, 11) is 0. The van der Waals surface area contributed by atoms with Crippen LogP contribution in [-0.4, -0.2) is 44.9 Å². The van der Waals surface area contributed by atoms with Crippen molar-refractivity contribution in [1.82, 2.24) is 19.9 Å². The van der Waals surface area contributed by atoms with E-state index < -0.39 is 0 Å². The fraction of sp³-hybridized carbons (Fsp3) is 0.619. The van der Waals surface area contributed by atoms with Gasteiger partial charge in [0.25, 0.3) is 0 Å². The van der Waals surface area contributed by atoms with E-state index in [2.05, 4.69) is 29.1 Å². The quantitative estimate of drug-likeness (QED) is 0.717. The van der Waals surface area contributed by atoms with Crippen LogP contribution in [0.1, 0.15) is 49.5 Å². The van der Waals surface area contributed by atoms with E-state index in [-0.39, 0.29) is 11.9 Å². The Morgan fingerprint density at radius 1 is 1.31 bits per heavy atom. The number of anilines is 2. The van der Waals surface area contributed by atoms with E-state index in [1.54, 1.807) is 11.3 Å². The molecule has 2 aromatic rings. The number of likely N-dealkylation sites (tertiary alicyclic amines) is 1. The summed E-state index contributed by atoms with van der Waals surface area (Å²) < 4.78 is 0. The molecule has 0 aromatic carbocycles. The minimum Gasteiger partial charge on any atom is -0.341 e. The number of aryl methyl sites for hydroxylation is 2. The van der Waals surface area contributed by atoms with Crippen LogP contribution in [-0.2, 0) is 11.2 Å². The van der Waals surface area contributed by atoms with Gasteiger partial charge in [0.1, 0.15) is 11.6 Å². The van der Waals surface area contributed by atoms with Crippen LogP contribution in [0.4, 0.5) is 10.9 Å². The van der Waals surface area contributed by atoms with Crippen molar-refractivity contribution in [2.24, 2.45) is 17.6 Å². The maximum absolute atomic E-state index is 12.5. The largest absolute Gasteiger partial charge is 0.341 e. The second kappa shape index (κ2) is 9.63. The van der Waals surface area contributed by atoms with Gasteiger partial charge in [-0.3, -0.25) is 4.79 Å². The molecule has 0 saturated carbocycles. The van der Waals surface area contributed by atoms with Crippen molar-refractivity contribution in [3.63, 3.8) is 0 Å². The molecule has 1 aliphatic rings. The van der Waals surface area contributed by atoms with Gasteiger partial charge in [-0.2, -0.15) is 0 Å². The van der Waals surface area contributed by atoms with Gasteiger partial charge in [0, 0.05) is 42.3 Å². The Labute approximate surface area is 177 Å². The number of thiazole rings is 1. The number of hydrogen-bond acceptors (Lipinski definition) is 7. The number of rotatable bonds is 7. The summed E-state index contributed by atoms with van der Waals surface area (Å²) in [5.74, 6) is 2.64. The summed E-state index contributed by atoms with van der Waals surface area (Å²) in [4.78, 5) is 29.3. The van der Waals surface area contributed by atoms with Gasteiger partial charge in [-0.1, -0.05) is 13.8 Å². The molecule has 1 amide bonds. The van der Waals surface area contributed by atoms with Crippen molar-refractivity contribution in [1.29, 1.82) is 0 Å². The Bertz CT molecular complexity index is 828. The summed E-state index contributed by atoms with van der Waals surface area (Å²) >= 11 is 1.61. The highest BCUT2D eigenvalue weighted by Gasteiger charge is 2.27. The SMILES string of the molecule is Cc1cc(Nc2ncc(C)s2)nc(CC2CCN(C(=O)[C@@H](N)CC(C)C)CC2)n1. The van der Waals surface area contributed by atoms with Gasteiger partial charge in [-0.15, -0.1) is 11.3 Å². The van der Waals surface area contributed by atoms with Crippen LogP contribution < -0.4 is 11.1 Å². The molecule has 0 radical (unpaired) electrons. The fourth-order valence-corrected chi connectivity index (χ4v) is 4.44. The van der Waals surface area contributed by atoms with Crippen molar-refractivity contribution in [3.8, 4) is 0 Å². The van der Waals surface area contributed by atoms with E-state index in [0.29, 0.717) is 11.8 Å². The van der Waals surface area contributed by atoms with Crippen LogP contribution in [0.3, 0.4) is 0 Å². The van der Waals surface area contributed by atoms with Gasteiger partial charge in [0.15, 0.2) is 5.13 Å². The van der Waals surface area contributed by atoms with E-state index in [4.69, 9.17) is 10.7 Å². The first-order valence-corrected chi connectivity index (χ1v) is 11.2. The summed E-state index contributed by atoms with van der Waals surface area (Å²) in [6.45, 7) is 9.75. The Balaban J connectivity index is 1.55. The Morgan fingerprint density at radius 3 is 2.66 bits per heavy atom. The molecule has 1 saturated heterocycles. The lowest BCUT2D eigenvalue weighted by Crippen LogP contribution is -2.47. The van der Waals surface area contributed by atoms with Crippen molar-refractivity contribution in [2.45, 2.75) is 59.4 Å². The van der Waals surface area contributed by atoms with Crippen LogP contribution in [0.15, 0.2) is 12.3 Å². The normalized spacial score (nSPS) is 16.3. The standard InChI is InChI=1S/C21H32N6OS/c1-13(2)9-17(22)20(28)27-7-5-16(6-8-27)11-19-24-14(3)10-18(25-19)26-21-23-12-15(4)29-21/h10,12-13,16-17H,5-9,11,22H2,1-4H3,(H,23,24,25,26)/t17-/m0/s1. The first-order valence-electron chi connectivity index (χ1n) is 10.4. The van der Waals surface area contributed by atoms with E-state index in [0.717, 1.165) is 66.1 Å². The lowest BCUT2D eigenvalue weighted by atomic mass is 9.92. The first kappa shape index (κ1) is 21.6. The van der Waals surface area contributed by atoms with Gasteiger partial charge >= 0.3 is 0 Å². The smallest absolute Gasteiger partial charge is 0.239 e. The predicted molar refractivity (Wildman–Crippen MR) is 117 cm³/mol. The number of amides is 1. The molecule has 158 valence electrons. The zero-order valence-corrected chi connectivity index (χ0v) is 18.6. The van der Waals surface area contributed by atoms with Gasteiger partial charge in [0.2, 0.25) is 5.91 Å². The molecule has 1 aliphatic heterocycles. The molecule has 29 heavy (non-hydrogen) atoms. The van der Waals surface area contributed by atoms with Crippen molar-refractivity contribution in [3.05, 3.63) is 28.7 Å². The van der Waals surface area contributed by atoms with Crippen molar-refractivity contribution < 1.29 is 4.79 Å². The molecule has 1 atom stereocenters. The third-order valence-corrected chi connectivity index (χ3v) is 6.02. The molecule has 7 nitrogen and oxygen atoms in total. The number of piperidine rings is 1. The lowest BCUT2D eigenvalue weighted by molar-refractivity contribution is -0.134. The predicted octanol–water partition coefficient (Wildman–Crippen LogP) is 3.45. The van der Waals surface area contributed by atoms with Crippen LogP contribution in [0.25, 0.3) is 0 Å². The van der Waals surface area contributed by atoms with Crippen LogP contribution in [0.5, 0.6) is 0 Å². The summed E-state index contributed by atoms with van der Waals surface area (Å²) in [6.07, 6.45) is 5.35. The highest BCUT2D eigenvalue weighted by atomic mass is 32.1. The fourth-order valence-electron chi connectivity index (χ4n) is 3.77. The molecule has 2 aromatic heterocycles. The van der Waals surface area contributed by atoms with E-state index in [1.165, 1.54) is 0 Å². The van der Waals surface area contributed by atoms with Crippen molar-refractivity contribution in [2.75, 3.05) is 18.4 Å². The minimum absolute atomic E-state index is 0.0918. The summed E-state index contributed by atoms with van der Waals surface area (Å²) in [6, 6.07) is 1.56. The number of carbonyl (C=O) groups excluding carboxylic acids is 1. The average molecular weight is 417 g/mol. The molecule has 0 bridgehead atoms. The van der Waals surface area contributed by atoms with Crippen molar-refractivity contribution >= 4 is 28.2 Å². The van der Waals surface area contributed by atoms with Gasteiger partial charge in [-0.05, 0) is 44.9 Å². The number of nitrogens with zero attached hydrogens (tertiary/aromatic N) is 4. The first-order chi connectivity index (χ1) is 13.8. The zero-order valence-electron chi connectivity index (χ0n) is 17.8. The number of hydrogen-bond donors (Lipinski definition) is 2. The second-order valence-electron chi connectivity index (χ2n) is 8.42. The summed E-state index contributed by atoms with van der Waals surface area (Å²) in [5.41, 5.74) is 7.03. The molecule has 1 fully saturated rings. The second-order valence-corrected chi connectivity index (χ2v) is 9.66. The van der Waals surface area contributed by atoms with E-state index >= 15 is 0 Å². The van der Waals surface area contributed by atoms with Gasteiger partial charge in [-0.25, -0.2) is 15.0 Å². The molecule has 0 aliphatic carbocycles. The monoisotopic (exact) mass is 416 g/mol. The molecule has 3 heterocycles. The number of nitrogens with two attached hydrogens (primary N) is 1. The molecule has 0 spiro atoms. The molecule has 8 heteroatoms. The lowest BCUT2D eigenvalue weighted by Gasteiger charge is -2.33. The molecular formula is C21H32N6OS. The molecule has 3 N–H and O–H groups in total. The van der Waals surface area contributed by atoms with Crippen LogP contribution in [0.2, 0.25) is 0 Å². The van der Waals surface area contributed by atoms with E-state index in [1.807, 2.05) is 31.0 Å². The number of nitrogens with one attached hydrogen (secondary N) is 1. The van der Waals surface area contributed by atoms with Gasteiger partial charge in [0.05, 0.1) is 6.04 Å².